The predicted octanol–water partition coefficient (Wildman–Crippen LogP) is 9.26. The quantitative estimate of drug-likeness (QED) is 0.0818. The number of fused-ring (bicyclic) bond motifs is 2. The third kappa shape index (κ3) is 6.15. The third-order valence-electron chi connectivity index (χ3n) is 9.30. The summed E-state index contributed by atoms with van der Waals surface area (Å²) in [4.78, 5) is 5.46. The second-order valence-corrected chi connectivity index (χ2v) is 15.4. The minimum atomic E-state index is -4.48. The number of rotatable bonds is 9. The third-order valence-corrected chi connectivity index (χ3v) is 11.9. The molecule has 7 aromatic rings. The molecule has 0 aliphatic rings. The number of phenolic OH excluding ortho intramolecular Hbond substituents is 2. The van der Waals surface area contributed by atoms with E-state index in [9.17, 15) is 37.8 Å². The Morgan fingerprint density at radius 2 is 0.833 bits per heavy atom. The lowest BCUT2D eigenvalue weighted by Gasteiger charge is -2.32. The summed E-state index contributed by atoms with van der Waals surface area (Å²) in [5, 5.41) is 40.4. The summed E-state index contributed by atoms with van der Waals surface area (Å²) in [5.74, 6) is -0.753. The molecular weight excluding hydrogens is 729 g/mol. The van der Waals surface area contributed by atoms with E-state index in [1.807, 2.05) is 37.3 Å². The van der Waals surface area contributed by atoms with E-state index < -0.39 is 25.7 Å². The van der Waals surface area contributed by atoms with Crippen molar-refractivity contribution < 1.29 is 35.4 Å². The van der Waals surface area contributed by atoms with Crippen molar-refractivity contribution in [2.75, 3.05) is 0 Å². The smallest absolute Gasteiger partial charge is 0.428 e. The first-order valence-electron chi connectivity index (χ1n) is 16.2. The van der Waals surface area contributed by atoms with E-state index in [1.165, 1.54) is 48.5 Å². The van der Waals surface area contributed by atoms with Gasteiger partial charge in [-0.05, 0) is 47.9 Å². The van der Waals surface area contributed by atoms with Gasteiger partial charge in [0.25, 0.3) is 0 Å². The number of hydrogen-bond donors (Lipinski definition) is 2. The van der Waals surface area contributed by atoms with Crippen molar-refractivity contribution >= 4 is 53.2 Å². The first-order chi connectivity index (χ1) is 25.9. The van der Waals surface area contributed by atoms with E-state index in [4.69, 9.17) is 8.37 Å². The summed E-state index contributed by atoms with van der Waals surface area (Å²) >= 11 is 0. The fourth-order valence-electron chi connectivity index (χ4n) is 6.49. The fraction of sp³-hybridized carbons (Fsp3) is 0.0500. The van der Waals surface area contributed by atoms with Gasteiger partial charge in [0.05, 0.1) is 12.1 Å². The molecule has 0 amide bonds. The van der Waals surface area contributed by atoms with Crippen molar-refractivity contribution in [3.8, 4) is 23.0 Å². The van der Waals surface area contributed by atoms with Gasteiger partial charge >= 0.3 is 31.6 Å². The number of diazo groups is 2. The lowest BCUT2D eigenvalue weighted by Crippen LogP contribution is -2.25. The van der Waals surface area contributed by atoms with Crippen LogP contribution in [0.25, 0.3) is 31.5 Å². The summed E-state index contributed by atoms with van der Waals surface area (Å²) in [6, 6.07) is 36.9. The van der Waals surface area contributed by atoms with Crippen LogP contribution in [-0.4, -0.2) is 27.0 Å². The molecule has 0 atom stereocenters. The molecule has 2 N–H and O–H groups in total. The average Bonchev–Trinajstić information content (AvgIpc) is 3.18. The van der Waals surface area contributed by atoms with Gasteiger partial charge in [0.1, 0.15) is 21.3 Å². The summed E-state index contributed by atoms with van der Waals surface area (Å²) in [6.07, 6.45) is 0. The molecule has 0 bridgehead atoms. The van der Waals surface area contributed by atoms with E-state index in [0.717, 1.165) is 28.8 Å². The topological polar surface area (TPSA) is 184 Å². The number of phenols is 2. The van der Waals surface area contributed by atoms with Crippen molar-refractivity contribution in [1.29, 1.82) is 10.8 Å². The minimum absolute atomic E-state index is 0.00155. The zero-order chi connectivity index (χ0) is 38.3. The first-order valence-corrected chi connectivity index (χ1v) is 19.0. The SMILES string of the molecule is CC(c1ccccc1)(c1ccc(OS(=O)(=O)c2cc([N+]#N)c(O)c3ccccc23)cc1)c1ccc(OS(=O)(=O)c2cc([N+]#N)c(O)c3ccccc23)cc1. The molecule has 0 radical (unpaired) electrons. The van der Waals surface area contributed by atoms with Gasteiger partial charge in [0.15, 0.2) is 9.95 Å². The van der Waals surface area contributed by atoms with Crippen molar-refractivity contribution in [1.82, 2.24) is 0 Å². The molecule has 7 aromatic carbocycles. The van der Waals surface area contributed by atoms with Gasteiger partial charge < -0.3 is 18.6 Å². The molecule has 0 saturated heterocycles. The zero-order valence-electron chi connectivity index (χ0n) is 28.2. The molecule has 266 valence electrons. The Morgan fingerprint density at radius 3 is 1.20 bits per heavy atom. The summed E-state index contributed by atoms with van der Waals surface area (Å²) in [7, 11) is -8.95. The van der Waals surface area contributed by atoms with Crippen LogP contribution in [0.15, 0.2) is 149 Å². The van der Waals surface area contributed by atoms with Crippen LogP contribution in [0.1, 0.15) is 23.6 Å². The van der Waals surface area contributed by atoms with Gasteiger partial charge in [-0.1, -0.05) is 103 Å². The average molecular weight is 757 g/mol. The molecule has 0 aliphatic heterocycles. The number of aromatic hydroxyl groups is 2. The standard InChI is InChI=1S/C40H26N4O8S2/c1-40(25-9-3-2-4-10-25,26-15-19-28(20-16-26)51-53(47,48)36-23-34(43-41)38(45)32-13-7-5-11-30(32)36)27-17-21-29(22-18-27)52-54(49,50)37-24-35(44-42)39(46)33-14-8-6-12-31(33)37/h2-24H,1H3/p+2. The van der Waals surface area contributed by atoms with Crippen LogP contribution in [-0.2, 0) is 25.7 Å². The van der Waals surface area contributed by atoms with E-state index in [-0.39, 0.29) is 65.7 Å². The van der Waals surface area contributed by atoms with Crippen LogP contribution in [0.5, 0.6) is 23.0 Å². The molecule has 7 rings (SSSR count). The molecule has 12 nitrogen and oxygen atoms in total. The lowest BCUT2D eigenvalue weighted by atomic mass is 9.71. The fourth-order valence-corrected chi connectivity index (χ4v) is 8.81. The molecular formula is C40H28N4O8S2+2. The van der Waals surface area contributed by atoms with Crippen LogP contribution >= 0.6 is 0 Å². The number of nitrogens with zero attached hydrogens (tertiary/aromatic N) is 4. The highest BCUT2D eigenvalue weighted by molar-refractivity contribution is 7.87. The van der Waals surface area contributed by atoms with Crippen LogP contribution in [0.4, 0.5) is 11.4 Å². The Hall–Kier alpha value is -7.00. The van der Waals surface area contributed by atoms with Gasteiger partial charge in [-0.15, -0.1) is 0 Å². The maximum Gasteiger partial charge on any atom is 0.428 e. The van der Waals surface area contributed by atoms with Gasteiger partial charge in [-0.2, -0.15) is 16.8 Å². The molecule has 0 spiro atoms. The van der Waals surface area contributed by atoms with Crippen LogP contribution < -0.4 is 8.37 Å². The first kappa shape index (κ1) is 35.4. The molecule has 0 aliphatic carbocycles. The van der Waals surface area contributed by atoms with Gasteiger partial charge in [-0.25, -0.2) is 0 Å². The monoisotopic (exact) mass is 756 g/mol. The van der Waals surface area contributed by atoms with E-state index in [1.54, 1.807) is 48.5 Å². The normalized spacial score (nSPS) is 11.8. The molecule has 0 fully saturated rings. The van der Waals surface area contributed by atoms with Crippen LogP contribution in [0.3, 0.4) is 0 Å². The Morgan fingerprint density at radius 1 is 0.500 bits per heavy atom. The number of hydrogen-bond acceptors (Lipinski definition) is 10. The zero-order valence-corrected chi connectivity index (χ0v) is 29.9. The summed E-state index contributed by atoms with van der Waals surface area (Å²) in [6.45, 7) is 1.96. The second kappa shape index (κ2) is 13.5. The predicted molar refractivity (Wildman–Crippen MR) is 201 cm³/mol. The highest BCUT2D eigenvalue weighted by Crippen LogP contribution is 2.43. The van der Waals surface area contributed by atoms with Gasteiger partial charge in [0, 0.05) is 27.0 Å². The molecule has 0 saturated carbocycles. The van der Waals surface area contributed by atoms with Crippen molar-refractivity contribution in [2.24, 2.45) is 0 Å². The molecule has 0 aromatic heterocycles. The minimum Gasteiger partial charge on any atom is -0.501 e. The van der Waals surface area contributed by atoms with Gasteiger partial charge in [-0.3, -0.25) is 0 Å². The van der Waals surface area contributed by atoms with E-state index in [0.29, 0.717) is 0 Å². The molecule has 14 heteroatoms. The highest BCUT2D eigenvalue weighted by Gasteiger charge is 2.33. The Kier molecular flexibility index (Phi) is 8.87. The van der Waals surface area contributed by atoms with Crippen molar-refractivity contribution in [3.63, 3.8) is 0 Å². The van der Waals surface area contributed by atoms with Crippen molar-refractivity contribution in [2.45, 2.75) is 22.1 Å². The highest BCUT2D eigenvalue weighted by atomic mass is 32.2. The maximum atomic E-state index is 13.5. The van der Waals surface area contributed by atoms with Crippen molar-refractivity contribution in [3.05, 3.63) is 166 Å². The Labute approximate surface area is 309 Å². The molecule has 0 unspecified atom stereocenters. The lowest BCUT2D eigenvalue weighted by molar-refractivity contribution is 0.480. The van der Waals surface area contributed by atoms with Crippen LogP contribution in [0, 0.1) is 10.8 Å². The largest absolute Gasteiger partial charge is 0.501 e. The van der Waals surface area contributed by atoms with E-state index >= 15 is 0 Å². The van der Waals surface area contributed by atoms with Gasteiger partial charge in [0.2, 0.25) is 22.3 Å². The molecule has 54 heavy (non-hydrogen) atoms. The number of benzene rings is 7. The maximum absolute atomic E-state index is 13.5. The van der Waals surface area contributed by atoms with E-state index in [2.05, 4.69) is 9.95 Å². The Bertz CT molecular complexity index is 2730. The second-order valence-electron chi connectivity index (χ2n) is 12.4. The molecule has 0 heterocycles. The summed E-state index contributed by atoms with van der Waals surface area (Å²) < 4.78 is 65.2. The summed E-state index contributed by atoms with van der Waals surface area (Å²) in [5.41, 5.74) is 0.850. The van der Waals surface area contributed by atoms with Crippen LogP contribution in [0.2, 0.25) is 0 Å². The Balaban J connectivity index is 1.21.